The highest BCUT2D eigenvalue weighted by Crippen LogP contribution is 2.35. The molecule has 38 heavy (non-hydrogen) atoms. The molecule has 3 aromatic rings. The van der Waals surface area contributed by atoms with Crippen LogP contribution in [0.25, 0.3) is 22.3 Å². The van der Waals surface area contributed by atoms with Gasteiger partial charge in [-0.05, 0) is 63.1 Å². The largest absolute Gasteiger partial charge is 0.386 e. The van der Waals surface area contributed by atoms with E-state index in [-0.39, 0.29) is 17.3 Å². The Morgan fingerprint density at radius 1 is 1.05 bits per heavy atom. The monoisotopic (exact) mass is 510 g/mol. The van der Waals surface area contributed by atoms with Crippen LogP contribution >= 0.6 is 0 Å². The molecule has 0 saturated carbocycles. The first-order chi connectivity index (χ1) is 18.2. The van der Waals surface area contributed by atoms with Crippen LogP contribution in [-0.2, 0) is 0 Å². The lowest BCUT2D eigenvalue weighted by Crippen LogP contribution is -2.20. The molecule has 0 aromatic carbocycles. The van der Waals surface area contributed by atoms with Crippen molar-refractivity contribution in [1.29, 1.82) is 0 Å². The van der Waals surface area contributed by atoms with Crippen LogP contribution in [0.4, 0.5) is 15.8 Å². The van der Waals surface area contributed by atoms with Gasteiger partial charge in [-0.1, -0.05) is 25.8 Å². The fourth-order valence-corrected chi connectivity index (χ4v) is 3.98. The lowest BCUT2D eigenvalue weighted by molar-refractivity contribution is 0.614. The number of allylic oxidation sites excluding steroid dienone is 5. The molecule has 0 aliphatic carbocycles. The molecule has 3 aromatic heterocycles. The molecule has 6 nitrogen and oxygen atoms in total. The third-order valence-corrected chi connectivity index (χ3v) is 6.02. The molecule has 0 aliphatic heterocycles. The number of aromatic nitrogens is 3. The maximum absolute atomic E-state index is 16.1. The highest BCUT2D eigenvalue weighted by Gasteiger charge is 2.21. The Balaban J connectivity index is 1.98. The summed E-state index contributed by atoms with van der Waals surface area (Å²) in [6.07, 6.45) is 13.9. The number of rotatable bonds is 11. The van der Waals surface area contributed by atoms with Gasteiger partial charge in [-0.25, -0.2) is 4.39 Å². The smallest absolute Gasteiger partial charge is 0.159 e. The Morgan fingerprint density at radius 2 is 1.76 bits per heavy atom. The van der Waals surface area contributed by atoms with Crippen molar-refractivity contribution in [2.45, 2.75) is 33.7 Å². The molecule has 0 amide bonds. The Kier molecular flexibility index (Phi) is 9.33. The number of hydrogen-bond acceptors (Lipinski definition) is 6. The Hall–Kier alpha value is -4.52. The Bertz CT molecular complexity index is 1400. The van der Waals surface area contributed by atoms with Gasteiger partial charge in [0.1, 0.15) is 5.69 Å². The van der Waals surface area contributed by atoms with Crippen LogP contribution in [0.3, 0.4) is 0 Å². The lowest BCUT2D eigenvalue weighted by atomic mass is 9.98. The molecule has 0 saturated heterocycles. The molecular formula is C31H35FN6. The molecule has 0 atom stereocenters. The molecule has 0 radical (unpaired) electrons. The summed E-state index contributed by atoms with van der Waals surface area (Å²) in [6, 6.07) is 4.05. The van der Waals surface area contributed by atoms with Crippen molar-refractivity contribution < 1.29 is 4.39 Å². The third kappa shape index (κ3) is 6.24. The van der Waals surface area contributed by atoms with Crippen LogP contribution in [0, 0.1) is 12.7 Å². The van der Waals surface area contributed by atoms with Crippen LogP contribution in [0.1, 0.15) is 37.6 Å². The Morgan fingerprint density at radius 3 is 2.37 bits per heavy atom. The van der Waals surface area contributed by atoms with E-state index < -0.39 is 5.82 Å². The second-order valence-electron chi connectivity index (χ2n) is 8.98. The molecular weight excluding hydrogens is 475 g/mol. The van der Waals surface area contributed by atoms with Gasteiger partial charge in [-0.15, -0.1) is 0 Å². The third-order valence-electron chi connectivity index (χ3n) is 6.02. The summed E-state index contributed by atoms with van der Waals surface area (Å²) in [5, 5.41) is 9.61. The molecule has 3 rings (SSSR count). The summed E-state index contributed by atoms with van der Waals surface area (Å²) >= 11 is 0. The molecule has 0 spiro atoms. The van der Waals surface area contributed by atoms with E-state index in [1.807, 2.05) is 52.0 Å². The van der Waals surface area contributed by atoms with Crippen LogP contribution in [0.5, 0.6) is 0 Å². The standard InChI is InChI=1S/C31H35FN6/c1-9-23(15-25(10-2)37-19(3)4)31-30(32)29(28(33-8)18-36-31)20(5)22(7)38-27-17-35-16-26(21(27)6)24-11-13-34-14-12-24/h9-19,33,37-38H,2,5,7H2,1,3-4,6,8H3/b23-9+,25-15+. The van der Waals surface area contributed by atoms with E-state index in [0.717, 1.165) is 28.1 Å². The summed E-state index contributed by atoms with van der Waals surface area (Å²) in [6.45, 7) is 20.1. The first-order valence-corrected chi connectivity index (χ1v) is 12.4. The van der Waals surface area contributed by atoms with Crippen molar-refractivity contribution in [3.05, 3.63) is 115 Å². The summed E-state index contributed by atoms with van der Waals surface area (Å²) < 4.78 is 16.1. The second kappa shape index (κ2) is 12.6. The fourth-order valence-electron chi connectivity index (χ4n) is 3.98. The molecule has 196 valence electrons. The molecule has 3 N–H and O–H groups in total. The second-order valence-corrected chi connectivity index (χ2v) is 8.98. The van der Waals surface area contributed by atoms with E-state index in [4.69, 9.17) is 0 Å². The van der Waals surface area contributed by atoms with Gasteiger partial charge < -0.3 is 16.0 Å². The lowest BCUT2D eigenvalue weighted by Gasteiger charge is -2.20. The van der Waals surface area contributed by atoms with E-state index in [0.29, 0.717) is 22.5 Å². The average molecular weight is 511 g/mol. The Labute approximate surface area is 224 Å². The predicted molar refractivity (Wildman–Crippen MR) is 158 cm³/mol. The van der Waals surface area contributed by atoms with Gasteiger partial charge in [-0.2, -0.15) is 0 Å². The summed E-state index contributed by atoms with van der Waals surface area (Å²) in [5.74, 6) is -0.498. The van der Waals surface area contributed by atoms with Crippen LogP contribution in [0.15, 0.2) is 92.5 Å². The fraction of sp³-hybridized carbons (Fsp3) is 0.194. The van der Waals surface area contributed by atoms with Crippen molar-refractivity contribution >= 4 is 22.5 Å². The van der Waals surface area contributed by atoms with E-state index in [1.165, 1.54) is 0 Å². The number of halogens is 1. The van der Waals surface area contributed by atoms with Gasteiger partial charge in [-0.3, -0.25) is 15.0 Å². The van der Waals surface area contributed by atoms with Gasteiger partial charge in [0.05, 0.1) is 23.8 Å². The normalized spacial score (nSPS) is 11.8. The number of pyridine rings is 3. The molecule has 0 fully saturated rings. The summed E-state index contributed by atoms with van der Waals surface area (Å²) in [5.41, 5.74) is 6.91. The van der Waals surface area contributed by atoms with Crippen molar-refractivity contribution in [3.8, 4) is 11.1 Å². The van der Waals surface area contributed by atoms with E-state index in [2.05, 4.69) is 50.6 Å². The quantitative estimate of drug-likeness (QED) is 0.238. The van der Waals surface area contributed by atoms with E-state index in [1.54, 1.807) is 44.1 Å². The van der Waals surface area contributed by atoms with E-state index >= 15 is 4.39 Å². The van der Waals surface area contributed by atoms with Gasteiger partial charge in [0.2, 0.25) is 0 Å². The maximum atomic E-state index is 16.1. The molecule has 0 aliphatic rings. The molecule has 0 bridgehead atoms. The highest BCUT2D eigenvalue weighted by atomic mass is 19.1. The maximum Gasteiger partial charge on any atom is 0.159 e. The van der Waals surface area contributed by atoms with Crippen LogP contribution in [0.2, 0.25) is 0 Å². The van der Waals surface area contributed by atoms with Gasteiger partial charge in [0.15, 0.2) is 5.82 Å². The molecule has 3 heterocycles. The molecule has 7 heteroatoms. The number of hydrogen-bond donors (Lipinski definition) is 3. The zero-order chi connectivity index (χ0) is 27.8. The SMILES string of the molecule is C=C/C(=C\C(=C/C)c1ncc(NC)c(C(=C)C(=C)Nc2cncc(-c3ccncc3)c2C)c1F)NC(C)C. The average Bonchev–Trinajstić information content (AvgIpc) is 2.92. The van der Waals surface area contributed by atoms with Gasteiger partial charge >= 0.3 is 0 Å². The number of nitrogens with one attached hydrogen (secondary N) is 3. The summed E-state index contributed by atoms with van der Waals surface area (Å²) in [7, 11) is 1.72. The van der Waals surface area contributed by atoms with Gasteiger partial charge in [0, 0.05) is 65.3 Å². The zero-order valence-electron chi connectivity index (χ0n) is 22.7. The number of anilines is 2. The predicted octanol–water partition coefficient (Wildman–Crippen LogP) is 7.14. The van der Waals surface area contributed by atoms with Crippen molar-refractivity contribution in [2.24, 2.45) is 0 Å². The topological polar surface area (TPSA) is 74.8 Å². The minimum Gasteiger partial charge on any atom is -0.386 e. The van der Waals surface area contributed by atoms with Crippen molar-refractivity contribution in [1.82, 2.24) is 20.3 Å². The minimum atomic E-state index is -0.498. The van der Waals surface area contributed by atoms with Crippen molar-refractivity contribution in [3.63, 3.8) is 0 Å². The summed E-state index contributed by atoms with van der Waals surface area (Å²) in [4.78, 5) is 12.9. The first-order valence-electron chi connectivity index (χ1n) is 12.4. The zero-order valence-corrected chi connectivity index (χ0v) is 22.7. The minimum absolute atomic E-state index is 0.196. The first kappa shape index (κ1) is 28.1. The highest BCUT2D eigenvalue weighted by molar-refractivity contribution is 5.89. The molecule has 0 unspecified atom stereocenters. The van der Waals surface area contributed by atoms with E-state index in [9.17, 15) is 0 Å². The van der Waals surface area contributed by atoms with Crippen LogP contribution in [-0.4, -0.2) is 28.0 Å². The number of nitrogens with zero attached hydrogens (tertiary/aromatic N) is 3. The van der Waals surface area contributed by atoms with Gasteiger partial charge in [0.25, 0.3) is 0 Å². The van der Waals surface area contributed by atoms with Crippen molar-refractivity contribution in [2.75, 3.05) is 17.7 Å². The van der Waals surface area contributed by atoms with Crippen LogP contribution < -0.4 is 16.0 Å².